The van der Waals surface area contributed by atoms with Crippen molar-refractivity contribution < 1.29 is 37.3 Å². The number of nitrogens with zero attached hydrogens (tertiary/aromatic N) is 2. The van der Waals surface area contributed by atoms with Crippen LogP contribution >= 0.6 is 0 Å². The largest absolute Gasteiger partial charge is 0.496 e. The lowest BCUT2D eigenvalue weighted by atomic mass is 9.83. The molecule has 2 aromatic carbocycles. The topological polar surface area (TPSA) is 89.0 Å². The van der Waals surface area contributed by atoms with E-state index in [0.717, 1.165) is 28.8 Å². The molecule has 0 saturated carbocycles. The Hall–Kier alpha value is -4.60. The monoisotopic (exact) mass is 578 g/mol. The Labute approximate surface area is 240 Å². The van der Waals surface area contributed by atoms with Crippen molar-refractivity contribution in [1.82, 2.24) is 9.88 Å². The van der Waals surface area contributed by atoms with Gasteiger partial charge in [0.15, 0.2) is 0 Å². The number of aliphatic carboxylic acids is 1. The number of alkyl halides is 3. The van der Waals surface area contributed by atoms with Gasteiger partial charge < -0.3 is 14.6 Å². The first kappa shape index (κ1) is 28.9. The summed E-state index contributed by atoms with van der Waals surface area (Å²) < 4.78 is 52.8. The summed E-state index contributed by atoms with van der Waals surface area (Å²) >= 11 is 0. The third-order valence-electron chi connectivity index (χ3n) is 7.82. The van der Waals surface area contributed by atoms with Gasteiger partial charge in [0.1, 0.15) is 11.9 Å². The van der Waals surface area contributed by atoms with Crippen molar-refractivity contribution in [3.05, 3.63) is 101 Å². The fraction of sp³-hybridized carbons (Fsp3) is 0.281. The Kier molecular flexibility index (Phi) is 7.81. The van der Waals surface area contributed by atoms with Crippen LogP contribution < -0.4 is 4.74 Å². The Morgan fingerprint density at radius 3 is 2.45 bits per heavy atom. The predicted molar refractivity (Wildman–Crippen MR) is 149 cm³/mol. The first-order chi connectivity index (χ1) is 20.0. The average Bonchev–Trinajstić information content (AvgIpc) is 3.25. The fourth-order valence-corrected chi connectivity index (χ4v) is 5.56. The fourth-order valence-electron chi connectivity index (χ4n) is 5.56. The van der Waals surface area contributed by atoms with Gasteiger partial charge in [0.25, 0.3) is 0 Å². The van der Waals surface area contributed by atoms with Crippen molar-refractivity contribution >= 4 is 17.6 Å². The molecular weight excluding hydrogens is 549 g/mol. The summed E-state index contributed by atoms with van der Waals surface area (Å²) in [7, 11) is 1.48. The molecule has 1 aromatic heterocycles. The Morgan fingerprint density at radius 1 is 1.07 bits per heavy atom. The van der Waals surface area contributed by atoms with Gasteiger partial charge in [0, 0.05) is 23.5 Å². The van der Waals surface area contributed by atoms with Crippen LogP contribution in [0.3, 0.4) is 0 Å². The van der Waals surface area contributed by atoms with Crippen molar-refractivity contribution in [2.24, 2.45) is 5.92 Å². The number of carboxylic acids is 1. The van der Waals surface area contributed by atoms with E-state index in [9.17, 15) is 27.9 Å². The normalized spacial score (nSPS) is 20.6. The zero-order valence-corrected chi connectivity index (χ0v) is 23.2. The first-order valence-corrected chi connectivity index (χ1v) is 13.4. The second-order valence-corrected chi connectivity index (χ2v) is 10.5. The van der Waals surface area contributed by atoms with Crippen molar-refractivity contribution in [2.75, 3.05) is 7.11 Å². The van der Waals surface area contributed by atoms with Gasteiger partial charge in [-0.05, 0) is 83.5 Å². The molecule has 0 spiro atoms. The molecular formula is C32H29F3N2O5. The lowest BCUT2D eigenvalue weighted by Gasteiger charge is -2.24. The van der Waals surface area contributed by atoms with Crippen molar-refractivity contribution in [2.45, 2.75) is 45.1 Å². The molecule has 1 aliphatic heterocycles. The van der Waals surface area contributed by atoms with Gasteiger partial charge in [-0.15, -0.1) is 0 Å². The number of benzene rings is 2. The minimum atomic E-state index is -4.59. The minimum Gasteiger partial charge on any atom is -0.496 e. The molecule has 1 aliphatic carbocycles. The quantitative estimate of drug-likeness (QED) is 0.317. The smallest absolute Gasteiger partial charge is 0.416 e. The lowest BCUT2D eigenvalue weighted by molar-refractivity contribution is -0.137. The minimum absolute atomic E-state index is 0.0974. The number of allylic oxidation sites excluding steroid dienone is 3. The van der Waals surface area contributed by atoms with E-state index in [1.807, 2.05) is 19.1 Å². The summed E-state index contributed by atoms with van der Waals surface area (Å²) in [5.41, 5.74) is 3.19. The van der Waals surface area contributed by atoms with E-state index < -0.39 is 35.9 Å². The van der Waals surface area contributed by atoms with E-state index >= 15 is 0 Å². The van der Waals surface area contributed by atoms with Crippen LogP contribution in [0.5, 0.6) is 5.75 Å². The zero-order chi connectivity index (χ0) is 30.2. The van der Waals surface area contributed by atoms with Crippen molar-refractivity contribution in [3.8, 4) is 16.9 Å². The van der Waals surface area contributed by atoms with Gasteiger partial charge in [-0.25, -0.2) is 9.59 Å². The molecule has 1 fully saturated rings. The van der Waals surface area contributed by atoms with Gasteiger partial charge in [-0.3, -0.25) is 9.88 Å². The number of aromatic nitrogens is 1. The van der Waals surface area contributed by atoms with Crippen LogP contribution in [-0.4, -0.2) is 40.2 Å². The third kappa shape index (κ3) is 5.61. The molecule has 42 heavy (non-hydrogen) atoms. The summed E-state index contributed by atoms with van der Waals surface area (Å²) in [4.78, 5) is 29.9. The molecule has 2 heterocycles. The van der Waals surface area contributed by atoms with Crippen LogP contribution in [0, 0.1) is 5.92 Å². The number of amides is 1. The third-order valence-corrected chi connectivity index (χ3v) is 7.82. The molecule has 0 radical (unpaired) electrons. The average molecular weight is 579 g/mol. The van der Waals surface area contributed by atoms with Crippen LogP contribution in [0.15, 0.2) is 78.6 Å². The Bertz CT molecular complexity index is 1580. The van der Waals surface area contributed by atoms with E-state index in [2.05, 4.69) is 4.98 Å². The Morgan fingerprint density at radius 2 is 1.81 bits per heavy atom. The van der Waals surface area contributed by atoms with Crippen LogP contribution in [0.25, 0.3) is 16.7 Å². The number of carbonyl (C=O) groups is 2. The van der Waals surface area contributed by atoms with Gasteiger partial charge in [0.05, 0.1) is 25.3 Å². The number of ether oxygens (including phenoxy) is 2. The molecule has 5 rings (SSSR count). The van der Waals surface area contributed by atoms with Crippen molar-refractivity contribution in [3.63, 3.8) is 0 Å². The van der Waals surface area contributed by atoms with Crippen molar-refractivity contribution in [1.29, 1.82) is 0 Å². The SMILES string of the molecule is COc1ccc(C2=CC=C(C(=O)O)CC2C)cc1-c1ccc(C(F)(F)F)cc1CN1C(=O)O[C@H](c2ccncc2)[C@@H]1C. The second-order valence-electron chi connectivity index (χ2n) is 10.5. The summed E-state index contributed by atoms with van der Waals surface area (Å²) in [5, 5.41) is 9.39. The molecule has 7 nitrogen and oxygen atoms in total. The molecule has 2 aliphatic rings. The summed E-state index contributed by atoms with van der Waals surface area (Å²) in [5.74, 6) is -0.625. The van der Waals surface area contributed by atoms with E-state index in [0.29, 0.717) is 28.9 Å². The molecule has 0 bridgehead atoms. The van der Waals surface area contributed by atoms with Crippen LogP contribution in [0.1, 0.15) is 48.6 Å². The number of carbonyl (C=O) groups excluding carboxylic acids is 1. The van der Waals surface area contributed by atoms with Gasteiger partial charge in [-0.1, -0.05) is 31.2 Å². The van der Waals surface area contributed by atoms with E-state index in [4.69, 9.17) is 9.47 Å². The van der Waals surface area contributed by atoms with E-state index in [1.54, 1.807) is 49.7 Å². The maximum absolute atomic E-state index is 13.8. The number of methoxy groups -OCH3 is 1. The molecule has 1 amide bonds. The second kappa shape index (κ2) is 11.3. The summed E-state index contributed by atoms with van der Waals surface area (Å²) in [6.45, 7) is 3.59. The zero-order valence-electron chi connectivity index (χ0n) is 23.2. The van der Waals surface area contributed by atoms with Gasteiger partial charge in [0.2, 0.25) is 0 Å². The van der Waals surface area contributed by atoms with Gasteiger partial charge in [-0.2, -0.15) is 13.2 Å². The number of halogens is 3. The summed E-state index contributed by atoms with van der Waals surface area (Å²) in [6.07, 6.45) is 1.04. The van der Waals surface area contributed by atoms with Crippen LogP contribution in [0.2, 0.25) is 0 Å². The number of hydrogen-bond acceptors (Lipinski definition) is 5. The molecule has 3 aromatic rings. The van der Waals surface area contributed by atoms with Crippen LogP contribution in [-0.2, 0) is 22.3 Å². The highest BCUT2D eigenvalue weighted by atomic mass is 19.4. The van der Waals surface area contributed by atoms with Gasteiger partial charge >= 0.3 is 18.2 Å². The maximum atomic E-state index is 13.8. The molecule has 1 unspecified atom stereocenters. The highest BCUT2D eigenvalue weighted by molar-refractivity contribution is 5.90. The molecule has 1 N–H and O–H groups in total. The van der Waals surface area contributed by atoms with E-state index in [1.165, 1.54) is 18.1 Å². The lowest BCUT2D eigenvalue weighted by Crippen LogP contribution is -2.31. The number of pyridine rings is 1. The first-order valence-electron chi connectivity index (χ1n) is 13.4. The number of carboxylic acid groups (broad SMARTS) is 1. The standard InChI is InChI=1S/C32H29F3N2O5/c1-18-14-22(30(38)39)4-7-25(18)21-5-9-28(41-3)27(16-21)26-8-6-24(32(33,34)35)15-23(26)17-37-19(2)29(42-31(37)40)20-10-12-36-13-11-20/h4-13,15-16,18-19,29H,14,17H2,1-3H3,(H,38,39)/t18?,19-,29-/m0/s1. The highest BCUT2D eigenvalue weighted by Gasteiger charge is 2.40. The van der Waals surface area contributed by atoms with E-state index in [-0.39, 0.29) is 18.0 Å². The Balaban J connectivity index is 1.58. The molecule has 3 atom stereocenters. The summed E-state index contributed by atoms with van der Waals surface area (Å²) in [6, 6.07) is 11.9. The predicted octanol–water partition coefficient (Wildman–Crippen LogP) is 7.29. The number of rotatable bonds is 7. The molecule has 10 heteroatoms. The highest BCUT2D eigenvalue weighted by Crippen LogP contribution is 2.42. The maximum Gasteiger partial charge on any atom is 0.416 e. The molecule has 1 saturated heterocycles. The van der Waals surface area contributed by atoms with Crippen LogP contribution in [0.4, 0.5) is 18.0 Å². The number of cyclic esters (lactones) is 1. The molecule has 218 valence electrons. The number of hydrogen-bond donors (Lipinski definition) is 1.